The lowest BCUT2D eigenvalue weighted by molar-refractivity contribution is 0.617. The molecule has 0 saturated carbocycles. The van der Waals surface area contributed by atoms with Crippen molar-refractivity contribution in [2.45, 2.75) is 5.33 Å². The molecule has 1 rings (SSSR count). The van der Waals surface area contributed by atoms with Crippen LogP contribution in [-0.2, 0) is 5.33 Å². The van der Waals surface area contributed by atoms with E-state index in [1.165, 1.54) is 6.07 Å². The molecule has 0 aliphatic carbocycles. The van der Waals surface area contributed by atoms with Crippen molar-refractivity contribution >= 4 is 43.5 Å². The Morgan fingerprint density at radius 1 is 1.45 bits per heavy atom. The van der Waals surface area contributed by atoms with Gasteiger partial charge in [0, 0.05) is 9.80 Å². The van der Waals surface area contributed by atoms with Crippen molar-refractivity contribution in [3.8, 4) is 0 Å². The Hall–Kier alpha value is 0.400. The minimum atomic E-state index is -0.282. The van der Waals surface area contributed by atoms with Gasteiger partial charge in [-0.05, 0) is 33.6 Å². The van der Waals surface area contributed by atoms with E-state index >= 15 is 0 Å². The Labute approximate surface area is 86.0 Å². The molecule has 0 nitrogen and oxygen atoms in total. The summed E-state index contributed by atoms with van der Waals surface area (Å²) >= 11 is 12.0. The van der Waals surface area contributed by atoms with Crippen LogP contribution in [0, 0.1) is 5.82 Å². The Balaban J connectivity index is 3.21. The Morgan fingerprint density at radius 2 is 2.09 bits per heavy atom. The van der Waals surface area contributed by atoms with Crippen LogP contribution >= 0.6 is 43.5 Å². The van der Waals surface area contributed by atoms with Crippen molar-refractivity contribution in [2.75, 3.05) is 0 Å². The fraction of sp³-hybridized carbons (Fsp3) is 0.143. The molecule has 0 bridgehead atoms. The van der Waals surface area contributed by atoms with E-state index in [4.69, 9.17) is 11.6 Å². The van der Waals surface area contributed by atoms with Crippen LogP contribution in [0.4, 0.5) is 4.39 Å². The molecule has 0 aromatic heterocycles. The molecule has 0 N–H and O–H groups in total. The highest BCUT2D eigenvalue weighted by Crippen LogP contribution is 2.26. The third kappa shape index (κ3) is 2.17. The van der Waals surface area contributed by atoms with Crippen LogP contribution < -0.4 is 0 Å². The molecule has 11 heavy (non-hydrogen) atoms. The fourth-order valence-corrected chi connectivity index (χ4v) is 1.64. The van der Waals surface area contributed by atoms with Crippen LogP contribution in [0.2, 0.25) is 5.02 Å². The zero-order chi connectivity index (χ0) is 8.43. The molecule has 0 radical (unpaired) electrons. The number of rotatable bonds is 1. The minimum absolute atomic E-state index is 0.282. The first kappa shape index (κ1) is 9.49. The van der Waals surface area contributed by atoms with Gasteiger partial charge in [-0.2, -0.15) is 0 Å². The zero-order valence-electron chi connectivity index (χ0n) is 5.37. The lowest BCUT2D eigenvalue weighted by Gasteiger charge is -2.00. The van der Waals surface area contributed by atoms with Gasteiger partial charge in [-0.15, -0.1) is 0 Å². The second kappa shape index (κ2) is 3.87. The second-order valence-electron chi connectivity index (χ2n) is 1.99. The molecular formula is C7H4Br2ClF. The third-order valence-electron chi connectivity index (χ3n) is 1.23. The first-order chi connectivity index (χ1) is 5.15. The smallest absolute Gasteiger partial charge is 0.128 e. The van der Waals surface area contributed by atoms with E-state index < -0.39 is 0 Å². The number of halogens is 4. The normalized spacial score (nSPS) is 10.2. The highest BCUT2D eigenvalue weighted by Gasteiger charge is 2.04. The standard InChI is InChI=1S/C7H4Br2ClF/c8-3-4-1-5(9)6(10)2-7(4)11/h1-2H,3H2. The van der Waals surface area contributed by atoms with E-state index in [-0.39, 0.29) is 5.82 Å². The molecule has 0 spiro atoms. The van der Waals surface area contributed by atoms with Crippen molar-refractivity contribution in [3.63, 3.8) is 0 Å². The molecule has 1 aromatic rings. The highest BCUT2D eigenvalue weighted by atomic mass is 79.9. The second-order valence-corrected chi connectivity index (χ2v) is 3.81. The zero-order valence-corrected chi connectivity index (χ0v) is 9.30. The van der Waals surface area contributed by atoms with Gasteiger partial charge in [-0.1, -0.05) is 27.5 Å². The predicted molar refractivity (Wildman–Crippen MR) is 51.7 cm³/mol. The maximum Gasteiger partial charge on any atom is 0.128 e. The van der Waals surface area contributed by atoms with E-state index in [0.717, 1.165) is 4.47 Å². The molecule has 0 amide bonds. The van der Waals surface area contributed by atoms with Crippen molar-refractivity contribution in [1.82, 2.24) is 0 Å². The van der Waals surface area contributed by atoms with Crippen LogP contribution in [0.1, 0.15) is 5.56 Å². The number of hydrogen-bond donors (Lipinski definition) is 0. The van der Waals surface area contributed by atoms with Crippen molar-refractivity contribution < 1.29 is 4.39 Å². The molecule has 4 heteroatoms. The van der Waals surface area contributed by atoms with Crippen LogP contribution in [0.3, 0.4) is 0 Å². The topological polar surface area (TPSA) is 0 Å². The summed E-state index contributed by atoms with van der Waals surface area (Å²) in [5.41, 5.74) is 0.598. The lowest BCUT2D eigenvalue weighted by Crippen LogP contribution is -1.85. The molecule has 0 heterocycles. The summed E-state index contributed by atoms with van der Waals surface area (Å²) in [4.78, 5) is 0. The van der Waals surface area contributed by atoms with Gasteiger partial charge in [0.15, 0.2) is 0 Å². The maximum absolute atomic E-state index is 12.9. The van der Waals surface area contributed by atoms with Gasteiger partial charge in [0.1, 0.15) is 5.82 Å². The average Bonchev–Trinajstić information content (AvgIpc) is 1.97. The van der Waals surface area contributed by atoms with Gasteiger partial charge < -0.3 is 0 Å². The van der Waals surface area contributed by atoms with Gasteiger partial charge in [0.25, 0.3) is 0 Å². The van der Waals surface area contributed by atoms with Gasteiger partial charge in [0.2, 0.25) is 0 Å². The fourth-order valence-electron chi connectivity index (χ4n) is 0.666. The first-order valence-electron chi connectivity index (χ1n) is 2.84. The van der Waals surface area contributed by atoms with Crippen LogP contribution in [-0.4, -0.2) is 0 Å². The first-order valence-corrected chi connectivity index (χ1v) is 5.13. The molecule has 0 saturated heterocycles. The Kier molecular flexibility index (Phi) is 3.34. The van der Waals surface area contributed by atoms with E-state index in [2.05, 4.69) is 31.9 Å². The van der Waals surface area contributed by atoms with E-state index in [0.29, 0.717) is 15.9 Å². The molecule has 0 aliphatic rings. The summed E-state index contributed by atoms with van der Waals surface area (Å²) in [5.74, 6) is -0.282. The summed E-state index contributed by atoms with van der Waals surface area (Å²) in [6, 6.07) is 2.95. The SMILES string of the molecule is Fc1cc(Cl)c(Br)cc1CBr. The van der Waals surface area contributed by atoms with Crippen molar-refractivity contribution in [1.29, 1.82) is 0 Å². The summed E-state index contributed by atoms with van der Waals surface area (Å²) < 4.78 is 13.6. The van der Waals surface area contributed by atoms with Gasteiger partial charge in [-0.3, -0.25) is 0 Å². The largest absolute Gasteiger partial charge is 0.207 e. The molecule has 60 valence electrons. The summed E-state index contributed by atoms with van der Waals surface area (Å²) in [6.07, 6.45) is 0. The number of hydrogen-bond acceptors (Lipinski definition) is 0. The van der Waals surface area contributed by atoms with Crippen LogP contribution in [0.25, 0.3) is 0 Å². The lowest BCUT2D eigenvalue weighted by atomic mass is 10.2. The minimum Gasteiger partial charge on any atom is -0.207 e. The summed E-state index contributed by atoms with van der Waals surface area (Å²) in [7, 11) is 0. The molecule has 0 aliphatic heterocycles. The van der Waals surface area contributed by atoms with Crippen molar-refractivity contribution in [3.05, 3.63) is 33.0 Å². The monoisotopic (exact) mass is 300 g/mol. The third-order valence-corrected chi connectivity index (χ3v) is 3.03. The number of benzene rings is 1. The van der Waals surface area contributed by atoms with E-state index in [1.807, 2.05) is 0 Å². The van der Waals surface area contributed by atoms with E-state index in [9.17, 15) is 4.39 Å². The summed E-state index contributed by atoms with van der Waals surface area (Å²) in [5, 5.41) is 0.890. The van der Waals surface area contributed by atoms with Crippen LogP contribution in [0.15, 0.2) is 16.6 Å². The molecule has 1 aromatic carbocycles. The average molecular weight is 302 g/mol. The summed E-state index contributed by atoms with van der Waals surface area (Å²) in [6.45, 7) is 0. The Morgan fingerprint density at radius 3 is 2.64 bits per heavy atom. The highest BCUT2D eigenvalue weighted by molar-refractivity contribution is 9.10. The van der Waals surface area contributed by atoms with Gasteiger partial charge in [0.05, 0.1) is 5.02 Å². The molecule has 0 atom stereocenters. The molecule has 0 fully saturated rings. The number of alkyl halides is 1. The van der Waals surface area contributed by atoms with E-state index in [1.54, 1.807) is 6.07 Å². The molecule has 0 unspecified atom stereocenters. The quantitative estimate of drug-likeness (QED) is 0.540. The van der Waals surface area contributed by atoms with Gasteiger partial charge >= 0.3 is 0 Å². The molecular weight excluding hydrogens is 298 g/mol. The van der Waals surface area contributed by atoms with Crippen LogP contribution in [0.5, 0.6) is 0 Å². The Bertz CT molecular complexity index is 275. The predicted octanol–water partition coefficient (Wildman–Crippen LogP) is 4.14. The van der Waals surface area contributed by atoms with Crippen molar-refractivity contribution in [2.24, 2.45) is 0 Å². The maximum atomic E-state index is 12.9. The van der Waals surface area contributed by atoms with Gasteiger partial charge in [-0.25, -0.2) is 4.39 Å².